The SMILES string of the molecule is O=BO.[KH]. The van der Waals surface area contributed by atoms with Gasteiger partial charge in [0, 0.05) is 0 Å². The van der Waals surface area contributed by atoms with Crippen LogP contribution >= 0.6 is 0 Å². The van der Waals surface area contributed by atoms with Crippen LogP contribution in [0.3, 0.4) is 0 Å². The van der Waals surface area contributed by atoms with Crippen molar-refractivity contribution in [3.8, 4) is 0 Å². The Kier molecular flexibility index (Phi) is 19.9. The van der Waals surface area contributed by atoms with Gasteiger partial charge in [0.25, 0.3) is 0 Å². The van der Waals surface area contributed by atoms with Crippen LogP contribution in [0, 0.1) is 0 Å². The summed E-state index contributed by atoms with van der Waals surface area (Å²) in [7, 11) is -0.250. The van der Waals surface area contributed by atoms with Gasteiger partial charge in [0.1, 0.15) is 0 Å². The summed E-state index contributed by atoms with van der Waals surface area (Å²) in [6.45, 7) is 0. The maximum atomic E-state index is 8.36. The van der Waals surface area contributed by atoms with Crippen LogP contribution in [0.15, 0.2) is 0 Å². The van der Waals surface area contributed by atoms with E-state index in [9.17, 15) is 0 Å². The van der Waals surface area contributed by atoms with Crippen LogP contribution < -0.4 is 0 Å². The molecule has 0 saturated carbocycles. The van der Waals surface area contributed by atoms with Crippen LogP contribution in [0.4, 0.5) is 0 Å². The van der Waals surface area contributed by atoms with Crippen molar-refractivity contribution in [3.05, 3.63) is 0 Å². The zero-order valence-electron chi connectivity index (χ0n) is 1.43. The predicted octanol–water partition coefficient (Wildman–Crippen LogP) is -1.71. The predicted molar refractivity (Wildman–Crippen MR) is 15.8 cm³/mol. The average molecular weight is 83.9 g/mol. The van der Waals surface area contributed by atoms with Crippen LogP contribution in [0.25, 0.3) is 0 Å². The summed E-state index contributed by atoms with van der Waals surface area (Å²) in [6.07, 6.45) is 0. The molecule has 0 radical (unpaired) electrons. The van der Waals surface area contributed by atoms with Crippen LogP contribution in [0.5, 0.6) is 0 Å². The molecule has 0 amide bonds. The topological polar surface area (TPSA) is 37.3 Å². The Morgan fingerprint density at radius 3 is 1.75 bits per heavy atom. The molecule has 0 aromatic rings. The summed E-state index contributed by atoms with van der Waals surface area (Å²) in [5.74, 6) is 0. The Morgan fingerprint density at radius 2 is 1.75 bits per heavy atom. The van der Waals surface area contributed by atoms with E-state index in [4.69, 9.17) is 9.73 Å². The first-order valence-electron chi connectivity index (χ1n) is 0.494. The van der Waals surface area contributed by atoms with Gasteiger partial charge in [0.15, 0.2) is 0 Å². The van der Waals surface area contributed by atoms with Crippen LogP contribution in [-0.2, 0) is 4.70 Å². The summed E-state index contributed by atoms with van der Waals surface area (Å²) in [5.41, 5.74) is 0. The second-order valence-electron chi connectivity index (χ2n) is 0.105. The molecule has 0 aliphatic heterocycles. The molecule has 0 aliphatic carbocycles. The molecule has 0 bridgehead atoms. The molecule has 18 valence electrons. The second-order valence-corrected chi connectivity index (χ2v) is 0.105. The van der Waals surface area contributed by atoms with E-state index >= 15 is 0 Å². The second kappa shape index (κ2) is 8.85. The van der Waals surface area contributed by atoms with Crippen molar-refractivity contribution in [3.63, 3.8) is 0 Å². The zero-order chi connectivity index (χ0) is 2.71. The van der Waals surface area contributed by atoms with Gasteiger partial charge in [0.05, 0.1) is 0 Å². The number of hydrogen-bond donors (Lipinski definition) is 1. The van der Waals surface area contributed by atoms with Gasteiger partial charge < -0.3 is 0 Å². The fraction of sp³-hybridized carbons (Fsp3) is 0. The third-order valence-corrected chi connectivity index (χ3v) is 0. The van der Waals surface area contributed by atoms with Crippen molar-refractivity contribution < 1.29 is 9.73 Å². The summed E-state index contributed by atoms with van der Waals surface area (Å²) in [4.78, 5) is 0. The van der Waals surface area contributed by atoms with E-state index in [1.807, 2.05) is 0 Å². The number of rotatable bonds is 0. The molecule has 0 aromatic carbocycles. The van der Waals surface area contributed by atoms with Crippen LogP contribution in [0.1, 0.15) is 0 Å². The molecular weight excluding hydrogens is 81.9 g/mol. The maximum absolute atomic E-state index is 8.36. The van der Waals surface area contributed by atoms with Crippen molar-refractivity contribution in [1.29, 1.82) is 0 Å². The summed E-state index contributed by atoms with van der Waals surface area (Å²) in [5, 5.41) is 6.89. The molecule has 2 nitrogen and oxygen atoms in total. The molecule has 0 atom stereocenters. The molecule has 0 aromatic heterocycles. The molecule has 0 unspecified atom stereocenters. The Hall–Kier alpha value is 1.30. The molecule has 0 saturated heterocycles. The van der Waals surface area contributed by atoms with Gasteiger partial charge in [-0.3, -0.25) is 0 Å². The van der Waals surface area contributed by atoms with Gasteiger partial charge in [-0.05, 0) is 0 Å². The molecule has 0 aliphatic rings. The van der Waals surface area contributed by atoms with E-state index in [2.05, 4.69) is 0 Å². The van der Waals surface area contributed by atoms with Crippen molar-refractivity contribution in [2.45, 2.75) is 0 Å². The van der Waals surface area contributed by atoms with Gasteiger partial charge in [-0.25, -0.2) is 0 Å². The Bertz CT molecular complexity index is 13.5. The van der Waals surface area contributed by atoms with Gasteiger partial charge in [-0.15, -0.1) is 0 Å². The van der Waals surface area contributed by atoms with E-state index in [1.165, 1.54) is 0 Å². The molecule has 1 N–H and O–H groups in total. The average Bonchev–Trinajstić information content (AvgIpc) is 0.918. The standard InChI is InChI=1S/BHO2.K.H/c2-1-3;;/h2H;;. The molecule has 0 spiro atoms. The zero-order valence-corrected chi connectivity index (χ0v) is 1.43. The van der Waals surface area contributed by atoms with Gasteiger partial charge in [-0.1, -0.05) is 0 Å². The molecular formula is H2BKO2. The Labute approximate surface area is 67.3 Å². The van der Waals surface area contributed by atoms with E-state index in [0.29, 0.717) is 0 Å². The Balaban J connectivity index is 0. The Morgan fingerprint density at radius 1 is 1.75 bits per heavy atom. The molecule has 4 heavy (non-hydrogen) atoms. The molecule has 0 heterocycles. The number of hydrogen-bond acceptors (Lipinski definition) is 1. The van der Waals surface area contributed by atoms with E-state index in [-0.39, 0.29) is 58.7 Å². The van der Waals surface area contributed by atoms with Crippen molar-refractivity contribution in [1.82, 2.24) is 0 Å². The quantitative estimate of drug-likeness (QED) is 0.355. The minimum atomic E-state index is -0.250. The van der Waals surface area contributed by atoms with Gasteiger partial charge in [-0.2, -0.15) is 0 Å². The molecule has 0 fully saturated rings. The third-order valence-electron chi connectivity index (χ3n) is 0. The molecule has 4 heteroatoms. The monoisotopic (exact) mass is 84.0 g/mol. The molecule has 0 rings (SSSR count). The van der Waals surface area contributed by atoms with E-state index < -0.39 is 0 Å². The summed E-state index contributed by atoms with van der Waals surface area (Å²) in [6, 6.07) is 0. The van der Waals surface area contributed by atoms with Gasteiger partial charge >= 0.3 is 68.5 Å². The summed E-state index contributed by atoms with van der Waals surface area (Å²) < 4.78 is 8.36. The first-order valence-corrected chi connectivity index (χ1v) is 0.494. The van der Waals surface area contributed by atoms with Gasteiger partial charge in [0.2, 0.25) is 0 Å². The fourth-order valence-corrected chi connectivity index (χ4v) is 0. The first kappa shape index (κ1) is 9.00. The van der Waals surface area contributed by atoms with Crippen molar-refractivity contribution in [2.75, 3.05) is 0 Å². The van der Waals surface area contributed by atoms with Crippen molar-refractivity contribution in [2.24, 2.45) is 0 Å². The third kappa shape index (κ3) is 10.3. The van der Waals surface area contributed by atoms with Crippen molar-refractivity contribution >= 4 is 58.7 Å². The minimum absolute atomic E-state index is 0. The van der Waals surface area contributed by atoms with E-state index in [0.717, 1.165) is 0 Å². The normalized spacial score (nSPS) is 2.00. The van der Waals surface area contributed by atoms with Crippen LogP contribution in [0.2, 0.25) is 0 Å². The fourth-order valence-electron chi connectivity index (χ4n) is 0. The summed E-state index contributed by atoms with van der Waals surface area (Å²) >= 11 is 0. The first-order chi connectivity index (χ1) is 1.41. The van der Waals surface area contributed by atoms with E-state index in [1.54, 1.807) is 0 Å². The van der Waals surface area contributed by atoms with Crippen LogP contribution in [-0.4, -0.2) is 63.8 Å².